The van der Waals surface area contributed by atoms with E-state index in [4.69, 9.17) is 27.9 Å². The fraction of sp³-hybridized carbons (Fsp3) is 0.200. The number of nitrogens with one attached hydrogen (secondary N) is 1. The van der Waals surface area contributed by atoms with Crippen molar-refractivity contribution in [1.29, 1.82) is 0 Å². The molecule has 0 aliphatic carbocycles. The second kappa shape index (κ2) is 8.43. The van der Waals surface area contributed by atoms with Crippen LogP contribution in [0.4, 0.5) is 11.5 Å². The van der Waals surface area contributed by atoms with Crippen molar-refractivity contribution in [1.82, 2.24) is 9.97 Å². The van der Waals surface area contributed by atoms with Gasteiger partial charge in [-0.15, -0.1) is 6.58 Å². The lowest BCUT2D eigenvalue weighted by Gasteiger charge is -2.09. The predicted molar refractivity (Wildman–Crippen MR) is 94.8 cm³/mol. The van der Waals surface area contributed by atoms with Crippen molar-refractivity contribution in [3.63, 3.8) is 0 Å². The van der Waals surface area contributed by atoms with Gasteiger partial charge in [0, 0.05) is 5.69 Å². The van der Waals surface area contributed by atoms with Crippen LogP contribution in [0.5, 0.6) is 0 Å². The minimum Gasteiger partial charge on any atom is -0.376 e. The van der Waals surface area contributed by atoms with E-state index in [2.05, 4.69) is 21.9 Å². The fourth-order valence-electron chi connectivity index (χ4n) is 1.77. The first-order valence-corrected chi connectivity index (χ1v) is 9.30. The molecule has 9 heteroatoms. The molecule has 0 saturated heterocycles. The Morgan fingerprint density at radius 3 is 2.62 bits per heavy atom. The van der Waals surface area contributed by atoms with Gasteiger partial charge in [-0.25, -0.2) is 13.4 Å². The van der Waals surface area contributed by atoms with Crippen molar-refractivity contribution < 1.29 is 13.2 Å². The second-order valence-electron chi connectivity index (χ2n) is 4.67. The van der Waals surface area contributed by atoms with Gasteiger partial charge in [0.1, 0.15) is 5.02 Å². The second-order valence-corrected chi connectivity index (χ2v) is 7.52. The summed E-state index contributed by atoms with van der Waals surface area (Å²) < 4.78 is 29.5. The highest BCUT2D eigenvalue weighted by atomic mass is 35.5. The zero-order valence-corrected chi connectivity index (χ0v) is 14.9. The van der Waals surface area contributed by atoms with Gasteiger partial charge in [0.25, 0.3) is 0 Å². The molecule has 6 nitrogen and oxygen atoms in total. The lowest BCUT2D eigenvalue weighted by Crippen LogP contribution is -2.12. The Kier molecular flexibility index (Phi) is 6.56. The molecule has 0 amide bonds. The van der Waals surface area contributed by atoms with Gasteiger partial charge in [-0.05, 0) is 35.9 Å². The molecule has 0 aliphatic heterocycles. The van der Waals surface area contributed by atoms with Crippen molar-refractivity contribution in [2.75, 3.05) is 24.3 Å². The average Bonchev–Trinajstić information content (AvgIpc) is 2.56. The molecule has 0 aliphatic rings. The standard InChI is InChI=1S/C15H15Cl2N3O3S/c1-2-7-23-8-9-24(21,22)12-5-3-11(4-6-12)19-14-13(16)10-18-15(17)20-14/h2-6,10H,1,7-9H2,(H,18,19,20). The number of halogens is 2. The third-order valence-corrected chi connectivity index (χ3v) is 5.08. The minimum absolute atomic E-state index is 0.0561. The number of aromatic nitrogens is 2. The van der Waals surface area contributed by atoms with Gasteiger partial charge in [0.15, 0.2) is 15.7 Å². The molecule has 1 aromatic carbocycles. The van der Waals surface area contributed by atoms with Gasteiger partial charge in [-0.3, -0.25) is 0 Å². The first-order chi connectivity index (χ1) is 11.4. The number of benzene rings is 1. The van der Waals surface area contributed by atoms with E-state index in [-0.39, 0.29) is 22.5 Å². The predicted octanol–water partition coefficient (Wildman–Crippen LogP) is 3.50. The maximum atomic E-state index is 12.2. The lowest BCUT2D eigenvalue weighted by atomic mass is 10.3. The van der Waals surface area contributed by atoms with Gasteiger partial charge >= 0.3 is 0 Å². The molecule has 0 fully saturated rings. The van der Waals surface area contributed by atoms with Crippen LogP contribution < -0.4 is 5.32 Å². The molecule has 24 heavy (non-hydrogen) atoms. The number of ether oxygens (including phenoxy) is 1. The number of hydrogen-bond donors (Lipinski definition) is 1. The molecule has 1 N–H and O–H groups in total. The van der Waals surface area contributed by atoms with Crippen molar-refractivity contribution in [3.05, 3.63) is 53.4 Å². The SMILES string of the molecule is C=CCOCCS(=O)(=O)c1ccc(Nc2nc(Cl)ncc2Cl)cc1. The molecule has 0 radical (unpaired) electrons. The van der Waals surface area contributed by atoms with Crippen molar-refractivity contribution in [2.45, 2.75) is 4.90 Å². The molecule has 0 atom stereocenters. The quantitative estimate of drug-likeness (QED) is 0.424. The van der Waals surface area contributed by atoms with Gasteiger partial charge < -0.3 is 10.1 Å². The maximum absolute atomic E-state index is 12.2. The highest BCUT2D eigenvalue weighted by molar-refractivity contribution is 7.91. The molecule has 1 heterocycles. The molecule has 128 valence electrons. The molecule has 2 aromatic rings. The highest BCUT2D eigenvalue weighted by Crippen LogP contribution is 2.24. The van der Waals surface area contributed by atoms with E-state index in [1.807, 2.05) is 0 Å². The summed E-state index contributed by atoms with van der Waals surface area (Å²) in [5.74, 6) is 0.242. The van der Waals surface area contributed by atoms with Crippen LogP contribution in [0.15, 0.2) is 48.0 Å². The zero-order chi connectivity index (χ0) is 17.6. The Morgan fingerprint density at radius 2 is 1.96 bits per heavy atom. The van der Waals surface area contributed by atoms with E-state index >= 15 is 0 Å². The van der Waals surface area contributed by atoms with E-state index in [0.717, 1.165) is 0 Å². The van der Waals surface area contributed by atoms with Crippen LogP contribution in [0.2, 0.25) is 10.3 Å². The molecule has 0 spiro atoms. The van der Waals surface area contributed by atoms with E-state index in [1.54, 1.807) is 18.2 Å². The third kappa shape index (κ3) is 5.17. The molecule has 0 bridgehead atoms. The Hall–Kier alpha value is -1.67. The maximum Gasteiger partial charge on any atom is 0.224 e. The van der Waals surface area contributed by atoms with Crippen LogP contribution in [0.3, 0.4) is 0 Å². The van der Waals surface area contributed by atoms with Gasteiger partial charge in [-0.1, -0.05) is 17.7 Å². The summed E-state index contributed by atoms with van der Waals surface area (Å²) >= 11 is 11.7. The summed E-state index contributed by atoms with van der Waals surface area (Å²) in [7, 11) is -3.41. The molecule has 2 rings (SSSR count). The van der Waals surface area contributed by atoms with Gasteiger partial charge in [0.2, 0.25) is 5.28 Å². The Morgan fingerprint density at radius 1 is 1.25 bits per heavy atom. The van der Waals surface area contributed by atoms with E-state index in [1.165, 1.54) is 18.3 Å². The highest BCUT2D eigenvalue weighted by Gasteiger charge is 2.14. The summed E-state index contributed by atoms with van der Waals surface area (Å²) in [6, 6.07) is 6.23. The topological polar surface area (TPSA) is 81.2 Å². The van der Waals surface area contributed by atoms with Crippen molar-refractivity contribution >= 4 is 44.5 Å². The Balaban J connectivity index is 2.07. The average molecular weight is 388 g/mol. The fourth-order valence-corrected chi connectivity index (χ4v) is 3.16. The number of nitrogens with zero attached hydrogens (tertiary/aromatic N) is 2. The van der Waals surface area contributed by atoms with Gasteiger partial charge in [0.05, 0.1) is 30.1 Å². The summed E-state index contributed by atoms with van der Waals surface area (Å²) in [6.45, 7) is 3.93. The normalized spacial score (nSPS) is 11.2. The van der Waals surface area contributed by atoms with E-state index < -0.39 is 9.84 Å². The monoisotopic (exact) mass is 387 g/mol. The molecule has 0 saturated carbocycles. The summed E-state index contributed by atoms with van der Waals surface area (Å²) in [4.78, 5) is 7.93. The number of rotatable bonds is 8. The zero-order valence-electron chi connectivity index (χ0n) is 12.6. The molecular weight excluding hydrogens is 373 g/mol. The summed E-state index contributed by atoms with van der Waals surface area (Å²) in [6.07, 6.45) is 2.94. The van der Waals surface area contributed by atoms with Gasteiger partial charge in [-0.2, -0.15) is 4.98 Å². The largest absolute Gasteiger partial charge is 0.376 e. The number of hydrogen-bond acceptors (Lipinski definition) is 6. The third-order valence-electron chi connectivity index (χ3n) is 2.92. The van der Waals surface area contributed by atoms with Crippen LogP contribution in [-0.4, -0.2) is 37.4 Å². The molecule has 0 unspecified atom stereocenters. The van der Waals surface area contributed by atoms with Crippen molar-refractivity contribution in [3.8, 4) is 0 Å². The van der Waals surface area contributed by atoms with Crippen LogP contribution in [0.1, 0.15) is 0 Å². The summed E-state index contributed by atoms with van der Waals surface area (Å²) in [5, 5.41) is 3.31. The van der Waals surface area contributed by atoms with Crippen LogP contribution in [0, 0.1) is 0 Å². The lowest BCUT2D eigenvalue weighted by molar-refractivity contribution is 0.179. The van der Waals surface area contributed by atoms with Crippen LogP contribution in [0.25, 0.3) is 0 Å². The number of anilines is 2. The van der Waals surface area contributed by atoms with Crippen LogP contribution >= 0.6 is 23.2 Å². The molecule has 1 aromatic heterocycles. The first-order valence-electron chi connectivity index (χ1n) is 6.89. The summed E-state index contributed by atoms with van der Waals surface area (Å²) in [5.41, 5.74) is 0.619. The van der Waals surface area contributed by atoms with E-state index in [9.17, 15) is 8.42 Å². The first kappa shape index (κ1) is 18.7. The smallest absolute Gasteiger partial charge is 0.224 e. The number of sulfone groups is 1. The molecular formula is C15H15Cl2N3O3S. The van der Waals surface area contributed by atoms with E-state index in [0.29, 0.717) is 23.1 Å². The Bertz CT molecular complexity index is 811. The Labute approximate surface area is 150 Å². The minimum atomic E-state index is -3.41. The van der Waals surface area contributed by atoms with Crippen LogP contribution in [-0.2, 0) is 14.6 Å². The van der Waals surface area contributed by atoms with Crippen molar-refractivity contribution in [2.24, 2.45) is 0 Å².